The summed E-state index contributed by atoms with van der Waals surface area (Å²) in [7, 11) is 0. The lowest BCUT2D eigenvalue weighted by molar-refractivity contribution is -0.118. The van der Waals surface area contributed by atoms with Crippen LogP contribution in [0.25, 0.3) is 0 Å². The first-order valence-corrected chi connectivity index (χ1v) is 9.01. The van der Waals surface area contributed by atoms with Crippen LogP contribution in [0.4, 0.5) is 5.69 Å². The summed E-state index contributed by atoms with van der Waals surface area (Å²) >= 11 is 7.40. The van der Waals surface area contributed by atoms with Crippen LogP contribution in [-0.4, -0.2) is 17.6 Å². The van der Waals surface area contributed by atoms with Gasteiger partial charge in [-0.25, -0.2) is 0 Å². The SMILES string of the molecule is CC(=O)Nc1cccc(CNC(=O)CSCc2ccc(Cl)cc2)c1. The number of hydrogen-bond acceptors (Lipinski definition) is 3. The molecule has 2 aromatic rings. The van der Waals surface area contributed by atoms with E-state index in [4.69, 9.17) is 11.6 Å². The minimum atomic E-state index is -0.116. The monoisotopic (exact) mass is 362 g/mol. The van der Waals surface area contributed by atoms with Crippen molar-refractivity contribution >= 4 is 40.9 Å². The van der Waals surface area contributed by atoms with E-state index >= 15 is 0 Å². The maximum Gasteiger partial charge on any atom is 0.230 e. The van der Waals surface area contributed by atoms with Crippen LogP contribution in [0.15, 0.2) is 48.5 Å². The van der Waals surface area contributed by atoms with E-state index in [-0.39, 0.29) is 11.8 Å². The van der Waals surface area contributed by atoms with Gasteiger partial charge in [-0.2, -0.15) is 0 Å². The van der Waals surface area contributed by atoms with Crippen LogP contribution in [-0.2, 0) is 21.9 Å². The van der Waals surface area contributed by atoms with Gasteiger partial charge >= 0.3 is 0 Å². The molecule has 0 heterocycles. The summed E-state index contributed by atoms with van der Waals surface area (Å²) in [5, 5.41) is 6.32. The first-order chi connectivity index (χ1) is 11.5. The second-order valence-corrected chi connectivity index (χ2v) is 6.70. The maximum atomic E-state index is 11.9. The summed E-state index contributed by atoms with van der Waals surface area (Å²) < 4.78 is 0. The molecule has 0 fully saturated rings. The van der Waals surface area contributed by atoms with Gasteiger partial charge in [0.05, 0.1) is 5.75 Å². The summed E-state index contributed by atoms with van der Waals surface area (Å²) in [6.45, 7) is 1.90. The smallest absolute Gasteiger partial charge is 0.230 e. The number of anilines is 1. The molecule has 2 rings (SSSR count). The predicted octanol–water partition coefficient (Wildman–Crippen LogP) is 3.85. The molecule has 126 valence electrons. The van der Waals surface area contributed by atoms with Gasteiger partial charge in [0.25, 0.3) is 0 Å². The lowest BCUT2D eigenvalue weighted by Gasteiger charge is -2.08. The van der Waals surface area contributed by atoms with Crippen molar-refractivity contribution in [2.75, 3.05) is 11.1 Å². The number of benzene rings is 2. The van der Waals surface area contributed by atoms with Gasteiger partial charge in [0, 0.05) is 29.9 Å². The van der Waals surface area contributed by atoms with Crippen molar-refractivity contribution < 1.29 is 9.59 Å². The molecule has 0 radical (unpaired) electrons. The van der Waals surface area contributed by atoms with Crippen molar-refractivity contribution in [3.63, 3.8) is 0 Å². The molecule has 4 nitrogen and oxygen atoms in total. The average molecular weight is 363 g/mol. The fourth-order valence-electron chi connectivity index (χ4n) is 2.06. The topological polar surface area (TPSA) is 58.2 Å². The summed E-state index contributed by atoms with van der Waals surface area (Å²) in [6.07, 6.45) is 0. The third-order valence-corrected chi connectivity index (χ3v) is 4.41. The molecule has 0 spiro atoms. The third-order valence-electron chi connectivity index (χ3n) is 3.15. The highest BCUT2D eigenvalue weighted by atomic mass is 35.5. The molecule has 0 saturated heterocycles. The van der Waals surface area contributed by atoms with E-state index in [1.165, 1.54) is 6.92 Å². The van der Waals surface area contributed by atoms with Gasteiger partial charge in [-0.1, -0.05) is 35.9 Å². The largest absolute Gasteiger partial charge is 0.351 e. The molecule has 0 bridgehead atoms. The van der Waals surface area contributed by atoms with E-state index in [9.17, 15) is 9.59 Å². The molecule has 0 aliphatic heterocycles. The minimum Gasteiger partial charge on any atom is -0.351 e. The van der Waals surface area contributed by atoms with E-state index in [0.29, 0.717) is 17.3 Å². The molecular weight excluding hydrogens is 344 g/mol. The quantitative estimate of drug-likeness (QED) is 0.786. The van der Waals surface area contributed by atoms with Gasteiger partial charge in [0.15, 0.2) is 0 Å². The first-order valence-electron chi connectivity index (χ1n) is 7.48. The molecule has 0 unspecified atom stereocenters. The van der Waals surface area contributed by atoms with Crippen LogP contribution in [0.5, 0.6) is 0 Å². The molecule has 0 aliphatic carbocycles. The third kappa shape index (κ3) is 6.64. The van der Waals surface area contributed by atoms with Gasteiger partial charge in [-0.05, 0) is 35.4 Å². The number of nitrogens with one attached hydrogen (secondary N) is 2. The summed E-state index contributed by atoms with van der Waals surface area (Å²) in [5.41, 5.74) is 2.81. The van der Waals surface area contributed by atoms with Crippen molar-refractivity contribution in [1.29, 1.82) is 0 Å². The van der Waals surface area contributed by atoms with Crippen LogP contribution in [0.2, 0.25) is 5.02 Å². The van der Waals surface area contributed by atoms with Crippen molar-refractivity contribution in [3.8, 4) is 0 Å². The van der Waals surface area contributed by atoms with Crippen molar-refractivity contribution in [3.05, 3.63) is 64.7 Å². The van der Waals surface area contributed by atoms with Gasteiger partial charge in [0.1, 0.15) is 0 Å². The maximum absolute atomic E-state index is 11.9. The number of carbonyl (C=O) groups excluding carboxylic acids is 2. The second-order valence-electron chi connectivity index (χ2n) is 5.28. The molecule has 2 aromatic carbocycles. The number of amides is 2. The Morgan fingerprint density at radius 2 is 1.83 bits per heavy atom. The number of thioether (sulfide) groups is 1. The summed E-state index contributed by atoms with van der Waals surface area (Å²) in [5.74, 6) is 1.03. The number of rotatable bonds is 7. The molecule has 24 heavy (non-hydrogen) atoms. The summed E-state index contributed by atoms with van der Waals surface area (Å²) in [4.78, 5) is 23.0. The molecule has 2 amide bonds. The number of carbonyl (C=O) groups is 2. The van der Waals surface area contributed by atoms with E-state index < -0.39 is 0 Å². The Kier molecular flexibility index (Phi) is 7.15. The van der Waals surface area contributed by atoms with Crippen LogP contribution >= 0.6 is 23.4 Å². The zero-order valence-electron chi connectivity index (χ0n) is 13.3. The van der Waals surface area contributed by atoms with Gasteiger partial charge in [0.2, 0.25) is 11.8 Å². The Bertz CT molecular complexity index is 704. The molecular formula is C18H19ClN2O2S. The van der Waals surface area contributed by atoms with Crippen molar-refractivity contribution in [2.45, 2.75) is 19.2 Å². The van der Waals surface area contributed by atoms with Crippen LogP contribution < -0.4 is 10.6 Å². The van der Waals surface area contributed by atoms with Crippen LogP contribution in [0.3, 0.4) is 0 Å². The zero-order valence-corrected chi connectivity index (χ0v) is 14.9. The lowest BCUT2D eigenvalue weighted by Crippen LogP contribution is -2.24. The number of halogens is 1. The van der Waals surface area contributed by atoms with Gasteiger partial charge in [-0.3, -0.25) is 9.59 Å². The van der Waals surface area contributed by atoms with Crippen molar-refractivity contribution in [2.24, 2.45) is 0 Å². The van der Waals surface area contributed by atoms with Crippen LogP contribution in [0.1, 0.15) is 18.1 Å². The molecule has 2 N–H and O–H groups in total. The van der Waals surface area contributed by atoms with E-state index in [0.717, 1.165) is 22.6 Å². The number of hydrogen-bond donors (Lipinski definition) is 2. The zero-order chi connectivity index (χ0) is 17.4. The minimum absolute atomic E-state index is 0.0149. The first kappa shape index (κ1) is 18.4. The Balaban J connectivity index is 1.73. The molecule has 0 aliphatic rings. The molecule has 0 saturated carbocycles. The van der Waals surface area contributed by atoms with Gasteiger partial charge < -0.3 is 10.6 Å². The molecule has 6 heteroatoms. The summed E-state index contributed by atoms with van der Waals surface area (Å²) in [6, 6.07) is 15.0. The Labute approximate surface area is 151 Å². The Morgan fingerprint density at radius 1 is 1.08 bits per heavy atom. The fourth-order valence-corrected chi connectivity index (χ4v) is 3.00. The Morgan fingerprint density at radius 3 is 2.54 bits per heavy atom. The highest BCUT2D eigenvalue weighted by molar-refractivity contribution is 7.99. The molecule has 0 aromatic heterocycles. The van der Waals surface area contributed by atoms with E-state index in [1.54, 1.807) is 11.8 Å². The van der Waals surface area contributed by atoms with Crippen molar-refractivity contribution in [1.82, 2.24) is 5.32 Å². The lowest BCUT2D eigenvalue weighted by atomic mass is 10.2. The van der Waals surface area contributed by atoms with E-state index in [2.05, 4.69) is 10.6 Å². The highest BCUT2D eigenvalue weighted by Crippen LogP contribution is 2.15. The predicted molar refractivity (Wildman–Crippen MR) is 100 cm³/mol. The average Bonchev–Trinajstić information content (AvgIpc) is 2.54. The van der Waals surface area contributed by atoms with Crippen LogP contribution in [0, 0.1) is 0 Å². The van der Waals surface area contributed by atoms with E-state index in [1.807, 2.05) is 48.5 Å². The fraction of sp³-hybridized carbons (Fsp3) is 0.222. The normalized spacial score (nSPS) is 10.2. The standard InChI is InChI=1S/C18H19ClN2O2S/c1-13(22)21-17-4-2-3-15(9-17)10-20-18(23)12-24-11-14-5-7-16(19)8-6-14/h2-9H,10-12H2,1H3,(H,20,23)(H,21,22). The highest BCUT2D eigenvalue weighted by Gasteiger charge is 2.03. The van der Waals surface area contributed by atoms with Gasteiger partial charge in [-0.15, -0.1) is 11.8 Å². The molecule has 0 atom stereocenters. The Hall–Kier alpha value is -1.98. The second kappa shape index (κ2) is 9.35.